The van der Waals surface area contributed by atoms with Crippen LogP contribution in [0.5, 0.6) is 0 Å². The lowest BCUT2D eigenvalue weighted by Crippen LogP contribution is -2.57. The molecule has 1 atom stereocenters. The van der Waals surface area contributed by atoms with Crippen molar-refractivity contribution < 1.29 is 4.79 Å². The Bertz CT molecular complexity index is 385. The van der Waals surface area contributed by atoms with Crippen LogP contribution in [0.1, 0.15) is 38.5 Å². The number of amides is 1. The van der Waals surface area contributed by atoms with E-state index in [-0.39, 0.29) is 12.4 Å². The molecule has 4 saturated carbocycles. The summed E-state index contributed by atoms with van der Waals surface area (Å²) in [5.74, 6) is 6.27. The molecule has 5 aliphatic rings. The van der Waals surface area contributed by atoms with Crippen molar-refractivity contribution in [1.29, 1.82) is 0 Å². The third kappa shape index (κ3) is 3.16. The topological polar surface area (TPSA) is 32.3 Å². The SMILES string of the molecule is CN(C(=O)CC1CSCCN1)C1C2CC3CC(C2)CC1C3.Cl. The molecule has 0 aromatic carbocycles. The van der Waals surface area contributed by atoms with Crippen LogP contribution in [-0.4, -0.2) is 48.0 Å². The summed E-state index contributed by atoms with van der Waals surface area (Å²) in [7, 11) is 2.09. The monoisotopic (exact) mass is 344 g/mol. The highest BCUT2D eigenvalue weighted by Gasteiger charge is 2.50. The zero-order valence-electron chi connectivity index (χ0n) is 13.5. The maximum absolute atomic E-state index is 12.7. The van der Waals surface area contributed by atoms with Gasteiger partial charge in [-0.3, -0.25) is 4.79 Å². The smallest absolute Gasteiger partial charge is 0.224 e. The number of halogens is 1. The summed E-state index contributed by atoms with van der Waals surface area (Å²) >= 11 is 1.98. The molecule has 0 radical (unpaired) electrons. The van der Waals surface area contributed by atoms with Crippen LogP contribution < -0.4 is 5.32 Å². The molecule has 1 heterocycles. The molecule has 126 valence electrons. The molecule has 0 aromatic rings. The molecule has 4 aliphatic carbocycles. The molecule has 3 nitrogen and oxygen atoms in total. The Hall–Kier alpha value is 0.0700. The number of thioether (sulfide) groups is 1. The summed E-state index contributed by atoms with van der Waals surface area (Å²) < 4.78 is 0. The van der Waals surface area contributed by atoms with Gasteiger partial charge in [0.05, 0.1) is 0 Å². The van der Waals surface area contributed by atoms with Gasteiger partial charge >= 0.3 is 0 Å². The van der Waals surface area contributed by atoms with Crippen molar-refractivity contribution in [2.45, 2.75) is 50.6 Å². The molecule has 5 rings (SSSR count). The molecule has 0 aromatic heterocycles. The van der Waals surface area contributed by atoms with Crippen LogP contribution in [0.2, 0.25) is 0 Å². The third-order valence-corrected chi connectivity index (χ3v) is 7.57. The van der Waals surface area contributed by atoms with Gasteiger partial charge in [0.25, 0.3) is 0 Å². The first-order chi connectivity index (χ1) is 10.2. The molecule has 4 bridgehead atoms. The number of hydrogen-bond acceptors (Lipinski definition) is 3. The predicted molar refractivity (Wildman–Crippen MR) is 94.6 cm³/mol. The minimum Gasteiger partial charge on any atom is -0.342 e. The lowest BCUT2D eigenvalue weighted by molar-refractivity contribution is -0.141. The van der Waals surface area contributed by atoms with Gasteiger partial charge in [-0.05, 0) is 55.8 Å². The standard InChI is InChI=1S/C17H28N2OS.ClH/c1-19(16(20)9-15-10-21-3-2-18-15)17-13-5-11-4-12(7-13)8-14(17)6-11;/h11-15,17-18H,2-10H2,1H3;1H. The predicted octanol–water partition coefficient (Wildman–Crippen LogP) is 2.79. The fourth-order valence-electron chi connectivity index (χ4n) is 5.80. The van der Waals surface area contributed by atoms with E-state index in [9.17, 15) is 4.79 Å². The van der Waals surface area contributed by atoms with Gasteiger partial charge in [-0.15, -0.1) is 12.4 Å². The summed E-state index contributed by atoms with van der Waals surface area (Å²) in [5, 5.41) is 3.50. The molecule has 1 amide bonds. The normalized spacial score (nSPS) is 42.8. The average molecular weight is 345 g/mol. The Kier molecular flexibility index (Phi) is 5.30. The van der Waals surface area contributed by atoms with Gasteiger partial charge in [-0.25, -0.2) is 0 Å². The van der Waals surface area contributed by atoms with Crippen molar-refractivity contribution in [3.8, 4) is 0 Å². The van der Waals surface area contributed by atoms with E-state index < -0.39 is 0 Å². The highest BCUT2D eigenvalue weighted by Crippen LogP contribution is 2.55. The summed E-state index contributed by atoms with van der Waals surface area (Å²) in [4.78, 5) is 14.9. The van der Waals surface area contributed by atoms with E-state index in [1.165, 1.54) is 37.9 Å². The molecule has 1 saturated heterocycles. The molecular formula is C17H29ClN2OS. The van der Waals surface area contributed by atoms with E-state index in [1.54, 1.807) is 0 Å². The summed E-state index contributed by atoms with van der Waals surface area (Å²) in [6.45, 7) is 1.06. The number of carbonyl (C=O) groups is 1. The van der Waals surface area contributed by atoms with Gasteiger partial charge in [0, 0.05) is 43.6 Å². The van der Waals surface area contributed by atoms with Gasteiger partial charge in [0.15, 0.2) is 0 Å². The Balaban J connectivity index is 0.00000144. The van der Waals surface area contributed by atoms with Crippen LogP contribution in [0.15, 0.2) is 0 Å². The van der Waals surface area contributed by atoms with E-state index in [0.717, 1.165) is 36.0 Å². The maximum atomic E-state index is 12.7. The van der Waals surface area contributed by atoms with E-state index in [2.05, 4.69) is 17.3 Å². The second kappa shape index (κ2) is 6.90. The molecule has 1 aliphatic heterocycles. The van der Waals surface area contributed by atoms with Gasteiger partial charge in [0.1, 0.15) is 0 Å². The Labute approximate surface area is 144 Å². The summed E-state index contributed by atoms with van der Waals surface area (Å²) in [6, 6.07) is 0.956. The molecule has 5 fully saturated rings. The van der Waals surface area contributed by atoms with Crippen molar-refractivity contribution in [1.82, 2.24) is 10.2 Å². The third-order valence-electron chi connectivity index (χ3n) is 6.44. The Morgan fingerprint density at radius 3 is 2.32 bits per heavy atom. The lowest BCUT2D eigenvalue weighted by Gasteiger charge is -2.56. The largest absolute Gasteiger partial charge is 0.342 e. The van der Waals surface area contributed by atoms with Gasteiger partial charge in [0.2, 0.25) is 5.91 Å². The lowest BCUT2D eigenvalue weighted by atomic mass is 9.54. The minimum atomic E-state index is 0. The first kappa shape index (κ1) is 16.9. The highest BCUT2D eigenvalue weighted by atomic mass is 35.5. The van der Waals surface area contributed by atoms with E-state index in [0.29, 0.717) is 24.4 Å². The maximum Gasteiger partial charge on any atom is 0.224 e. The molecule has 1 unspecified atom stereocenters. The van der Waals surface area contributed by atoms with E-state index >= 15 is 0 Å². The number of nitrogens with one attached hydrogen (secondary N) is 1. The van der Waals surface area contributed by atoms with Crippen molar-refractivity contribution in [3.63, 3.8) is 0 Å². The quantitative estimate of drug-likeness (QED) is 0.854. The molecule has 0 spiro atoms. The number of hydrogen-bond donors (Lipinski definition) is 1. The van der Waals surface area contributed by atoms with E-state index in [4.69, 9.17) is 0 Å². The van der Waals surface area contributed by atoms with Crippen molar-refractivity contribution >= 4 is 30.1 Å². The van der Waals surface area contributed by atoms with Crippen LogP contribution in [0.3, 0.4) is 0 Å². The first-order valence-electron chi connectivity index (χ1n) is 8.77. The average Bonchev–Trinajstić information content (AvgIpc) is 2.47. The van der Waals surface area contributed by atoms with Crippen molar-refractivity contribution in [3.05, 3.63) is 0 Å². The van der Waals surface area contributed by atoms with E-state index in [1.807, 2.05) is 11.8 Å². The fourth-order valence-corrected chi connectivity index (χ4v) is 6.75. The molecule has 5 heteroatoms. The second-order valence-corrected chi connectivity index (χ2v) is 9.01. The van der Waals surface area contributed by atoms with Crippen LogP contribution >= 0.6 is 24.2 Å². The van der Waals surface area contributed by atoms with Crippen LogP contribution in [0, 0.1) is 23.7 Å². The number of carbonyl (C=O) groups excluding carboxylic acids is 1. The molecule has 1 N–H and O–H groups in total. The summed E-state index contributed by atoms with van der Waals surface area (Å²) in [6.07, 6.45) is 7.77. The van der Waals surface area contributed by atoms with Crippen LogP contribution in [0.25, 0.3) is 0 Å². The van der Waals surface area contributed by atoms with Gasteiger partial charge < -0.3 is 10.2 Å². The minimum absolute atomic E-state index is 0. The molecular weight excluding hydrogens is 316 g/mol. The van der Waals surface area contributed by atoms with Gasteiger partial charge in [-0.2, -0.15) is 11.8 Å². The number of nitrogens with zero attached hydrogens (tertiary/aromatic N) is 1. The fraction of sp³-hybridized carbons (Fsp3) is 0.941. The zero-order chi connectivity index (χ0) is 14.4. The highest BCUT2D eigenvalue weighted by molar-refractivity contribution is 7.99. The molecule has 22 heavy (non-hydrogen) atoms. The van der Waals surface area contributed by atoms with Crippen molar-refractivity contribution in [2.75, 3.05) is 25.1 Å². The van der Waals surface area contributed by atoms with Crippen LogP contribution in [-0.2, 0) is 4.79 Å². The van der Waals surface area contributed by atoms with Gasteiger partial charge in [-0.1, -0.05) is 0 Å². The first-order valence-corrected chi connectivity index (χ1v) is 9.93. The van der Waals surface area contributed by atoms with Crippen LogP contribution in [0.4, 0.5) is 0 Å². The zero-order valence-corrected chi connectivity index (χ0v) is 15.1. The summed E-state index contributed by atoms with van der Waals surface area (Å²) in [5.41, 5.74) is 0. The Morgan fingerprint density at radius 2 is 1.77 bits per heavy atom. The van der Waals surface area contributed by atoms with Crippen molar-refractivity contribution in [2.24, 2.45) is 23.7 Å². The Morgan fingerprint density at radius 1 is 1.14 bits per heavy atom. The number of rotatable bonds is 3. The second-order valence-electron chi connectivity index (χ2n) is 7.86.